The standard InChI is InChI=1S/C18H26N2S/c1-18(2)9-6-10-20(13-18)12-15-14-7-4-5-8-16(14)21-17(15)11-19-3/h4-5,7-8,19H,6,9-13H2,1-3H3. The summed E-state index contributed by atoms with van der Waals surface area (Å²) in [6, 6.07) is 8.86. The highest BCUT2D eigenvalue weighted by Crippen LogP contribution is 2.35. The predicted molar refractivity (Wildman–Crippen MR) is 92.9 cm³/mol. The molecule has 0 atom stereocenters. The molecule has 0 bridgehead atoms. The molecule has 2 aromatic rings. The molecule has 1 aliphatic rings. The smallest absolute Gasteiger partial charge is 0.0349 e. The Morgan fingerprint density at radius 2 is 2.10 bits per heavy atom. The second-order valence-electron chi connectivity index (χ2n) is 7.01. The van der Waals surface area contributed by atoms with Crippen molar-refractivity contribution in [2.75, 3.05) is 20.1 Å². The molecule has 0 aliphatic carbocycles. The molecule has 0 amide bonds. The minimum atomic E-state index is 0.466. The molecule has 1 saturated heterocycles. The van der Waals surface area contributed by atoms with Crippen LogP contribution in [0.25, 0.3) is 10.1 Å². The van der Waals surface area contributed by atoms with E-state index in [4.69, 9.17) is 0 Å². The van der Waals surface area contributed by atoms with E-state index in [0.29, 0.717) is 5.41 Å². The number of nitrogens with zero attached hydrogens (tertiary/aromatic N) is 1. The minimum absolute atomic E-state index is 0.466. The first-order valence-electron chi connectivity index (χ1n) is 7.95. The Bertz CT molecular complexity index is 615. The first-order chi connectivity index (χ1) is 10.1. The SMILES string of the molecule is CNCc1sc2ccccc2c1CN1CCCC(C)(C)C1. The third kappa shape index (κ3) is 3.31. The molecule has 1 fully saturated rings. The Labute approximate surface area is 132 Å². The molecular formula is C18H26N2S. The lowest BCUT2D eigenvalue weighted by molar-refractivity contribution is 0.112. The average Bonchev–Trinajstić information content (AvgIpc) is 2.76. The van der Waals surface area contributed by atoms with E-state index in [1.165, 1.54) is 40.9 Å². The van der Waals surface area contributed by atoms with Crippen LogP contribution >= 0.6 is 11.3 Å². The Kier molecular flexibility index (Phi) is 4.34. The van der Waals surface area contributed by atoms with E-state index in [1.807, 2.05) is 18.4 Å². The summed E-state index contributed by atoms with van der Waals surface area (Å²) in [7, 11) is 2.04. The number of rotatable bonds is 4. The van der Waals surface area contributed by atoms with Gasteiger partial charge in [0.15, 0.2) is 0 Å². The largest absolute Gasteiger partial charge is 0.315 e. The fourth-order valence-corrected chi connectivity index (χ4v) is 4.76. The van der Waals surface area contributed by atoms with E-state index >= 15 is 0 Å². The maximum atomic E-state index is 3.33. The van der Waals surface area contributed by atoms with Gasteiger partial charge >= 0.3 is 0 Å². The molecule has 0 spiro atoms. The third-order valence-corrected chi connectivity index (χ3v) is 5.69. The summed E-state index contributed by atoms with van der Waals surface area (Å²) >= 11 is 1.95. The summed E-state index contributed by atoms with van der Waals surface area (Å²) in [5.41, 5.74) is 2.01. The highest BCUT2D eigenvalue weighted by molar-refractivity contribution is 7.19. The summed E-state index contributed by atoms with van der Waals surface area (Å²) < 4.78 is 1.43. The Hall–Kier alpha value is -0.900. The van der Waals surface area contributed by atoms with Crippen LogP contribution in [-0.2, 0) is 13.1 Å². The monoisotopic (exact) mass is 302 g/mol. The number of likely N-dealkylation sites (tertiary alicyclic amines) is 1. The van der Waals surface area contributed by atoms with Gasteiger partial charge in [0.25, 0.3) is 0 Å². The molecule has 114 valence electrons. The molecule has 0 radical (unpaired) electrons. The van der Waals surface area contributed by atoms with Gasteiger partial charge in [-0.15, -0.1) is 11.3 Å². The van der Waals surface area contributed by atoms with Crippen LogP contribution in [0.5, 0.6) is 0 Å². The van der Waals surface area contributed by atoms with Crippen molar-refractivity contribution in [2.45, 2.75) is 39.8 Å². The molecule has 2 nitrogen and oxygen atoms in total. The maximum Gasteiger partial charge on any atom is 0.0349 e. The van der Waals surface area contributed by atoms with Crippen molar-refractivity contribution in [1.29, 1.82) is 0 Å². The Morgan fingerprint density at radius 1 is 1.29 bits per heavy atom. The number of thiophene rings is 1. The zero-order valence-electron chi connectivity index (χ0n) is 13.4. The molecule has 3 rings (SSSR count). The van der Waals surface area contributed by atoms with Crippen molar-refractivity contribution in [3.05, 3.63) is 34.7 Å². The van der Waals surface area contributed by atoms with Crippen LogP contribution < -0.4 is 5.32 Å². The molecule has 0 saturated carbocycles. The molecule has 0 unspecified atom stereocenters. The molecular weight excluding hydrogens is 276 g/mol. The Morgan fingerprint density at radius 3 is 2.86 bits per heavy atom. The number of hydrogen-bond donors (Lipinski definition) is 1. The highest BCUT2D eigenvalue weighted by atomic mass is 32.1. The van der Waals surface area contributed by atoms with Gasteiger partial charge in [-0.3, -0.25) is 4.90 Å². The minimum Gasteiger partial charge on any atom is -0.315 e. The number of hydrogen-bond acceptors (Lipinski definition) is 3. The summed E-state index contributed by atoms with van der Waals surface area (Å²) in [6.45, 7) is 9.35. The van der Waals surface area contributed by atoms with Crippen molar-refractivity contribution in [1.82, 2.24) is 10.2 Å². The van der Waals surface area contributed by atoms with Crippen LogP contribution in [0.1, 0.15) is 37.1 Å². The second kappa shape index (κ2) is 6.07. The van der Waals surface area contributed by atoms with Crippen molar-refractivity contribution in [3.63, 3.8) is 0 Å². The van der Waals surface area contributed by atoms with Gasteiger partial charge in [0.05, 0.1) is 0 Å². The summed E-state index contributed by atoms with van der Waals surface area (Å²) in [5, 5.41) is 4.79. The summed E-state index contributed by atoms with van der Waals surface area (Å²) in [5.74, 6) is 0. The summed E-state index contributed by atoms with van der Waals surface area (Å²) in [6.07, 6.45) is 2.69. The maximum absolute atomic E-state index is 3.33. The van der Waals surface area contributed by atoms with Gasteiger partial charge in [-0.05, 0) is 48.9 Å². The zero-order valence-corrected chi connectivity index (χ0v) is 14.2. The van der Waals surface area contributed by atoms with Crippen molar-refractivity contribution in [2.24, 2.45) is 5.41 Å². The number of piperidine rings is 1. The predicted octanol–water partition coefficient (Wildman–Crippen LogP) is 4.24. The van der Waals surface area contributed by atoms with Crippen LogP contribution in [0.4, 0.5) is 0 Å². The number of benzene rings is 1. The van der Waals surface area contributed by atoms with Crippen molar-refractivity contribution >= 4 is 21.4 Å². The quantitative estimate of drug-likeness (QED) is 0.908. The Balaban J connectivity index is 1.89. The molecule has 1 aliphatic heterocycles. The molecule has 3 heteroatoms. The van der Waals surface area contributed by atoms with Crippen LogP contribution in [-0.4, -0.2) is 25.0 Å². The van der Waals surface area contributed by atoms with Gasteiger partial charge in [0.1, 0.15) is 0 Å². The van der Waals surface area contributed by atoms with Gasteiger partial charge in [-0.25, -0.2) is 0 Å². The average molecular weight is 302 g/mol. The lowest BCUT2D eigenvalue weighted by Gasteiger charge is -2.38. The van der Waals surface area contributed by atoms with E-state index < -0.39 is 0 Å². The van der Waals surface area contributed by atoms with E-state index in [2.05, 4.69) is 48.3 Å². The van der Waals surface area contributed by atoms with Gasteiger partial charge in [0.2, 0.25) is 0 Å². The van der Waals surface area contributed by atoms with Gasteiger partial charge in [-0.1, -0.05) is 32.0 Å². The normalized spacial score (nSPS) is 19.2. The topological polar surface area (TPSA) is 15.3 Å². The first-order valence-corrected chi connectivity index (χ1v) is 8.77. The van der Waals surface area contributed by atoms with Crippen LogP contribution in [0.3, 0.4) is 0 Å². The highest BCUT2D eigenvalue weighted by Gasteiger charge is 2.27. The van der Waals surface area contributed by atoms with Gasteiger partial charge in [0, 0.05) is 29.2 Å². The van der Waals surface area contributed by atoms with Crippen LogP contribution in [0.15, 0.2) is 24.3 Å². The number of fused-ring (bicyclic) bond motifs is 1. The lowest BCUT2D eigenvalue weighted by atomic mass is 9.84. The van der Waals surface area contributed by atoms with Crippen LogP contribution in [0.2, 0.25) is 0 Å². The van der Waals surface area contributed by atoms with E-state index in [0.717, 1.165) is 13.1 Å². The van der Waals surface area contributed by atoms with Crippen molar-refractivity contribution < 1.29 is 0 Å². The van der Waals surface area contributed by atoms with Crippen molar-refractivity contribution in [3.8, 4) is 0 Å². The van der Waals surface area contributed by atoms with E-state index in [-0.39, 0.29) is 0 Å². The molecule has 21 heavy (non-hydrogen) atoms. The fraction of sp³-hybridized carbons (Fsp3) is 0.556. The summed E-state index contributed by atoms with van der Waals surface area (Å²) in [4.78, 5) is 4.15. The van der Waals surface area contributed by atoms with Gasteiger partial charge in [-0.2, -0.15) is 0 Å². The molecule has 2 heterocycles. The molecule has 1 aromatic heterocycles. The zero-order chi connectivity index (χ0) is 14.9. The van der Waals surface area contributed by atoms with Crippen LogP contribution in [0, 0.1) is 5.41 Å². The van der Waals surface area contributed by atoms with E-state index in [1.54, 1.807) is 5.56 Å². The second-order valence-corrected chi connectivity index (χ2v) is 8.15. The fourth-order valence-electron chi connectivity index (χ4n) is 3.53. The first kappa shape index (κ1) is 15.0. The van der Waals surface area contributed by atoms with Gasteiger partial charge < -0.3 is 5.32 Å². The number of nitrogens with one attached hydrogen (secondary N) is 1. The lowest BCUT2D eigenvalue weighted by Crippen LogP contribution is -2.39. The van der Waals surface area contributed by atoms with E-state index in [9.17, 15) is 0 Å². The molecule has 1 aromatic carbocycles. The molecule has 1 N–H and O–H groups in total. The third-order valence-electron chi connectivity index (χ3n) is 4.48.